The fraction of sp³-hybridized carbons (Fsp3) is 0.185. The van der Waals surface area contributed by atoms with E-state index in [2.05, 4.69) is 26.9 Å². The molecule has 1 N–H and O–H groups in total. The van der Waals surface area contributed by atoms with Gasteiger partial charge in [-0.25, -0.2) is 18.4 Å². The number of nitrogens with one attached hydrogen (secondary N) is 1. The summed E-state index contributed by atoms with van der Waals surface area (Å²) in [5.41, 5.74) is 5.69. The summed E-state index contributed by atoms with van der Waals surface area (Å²) in [4.78, 5) is 9.22. The van der Waals surface area contributed by atoms with Crippen LogP contribution in [-0.4, -0.2) is 34.4 Å². The number of nitrogens with zero attached hydrogens (tertiary/aromatic N) is 5. The highest BCUT2D eigenvalue weighted by molar-refractivity contribution is 7.92. The average Bonchev–Trinajstić information content (AvgIpc) is 3.25. The van der Waals surface area contributed by atoms with Crippen LogP contribution < -0.4 is 4.72 Å². The molecule has 9 heteroatoms. The maximum absolute atomic E-state index is 11.5. The van der Waals surface area contributed by atoms with E-state index in [0.717, 1.165) is 56.0 Å². The van der Waals surface area contributed by atoms with E-state index in [1.54, 1.807) is 12.3 Å². The van der Waals surface area contributed by atoms with Crippen molar-refractivity contribution >= 4 is 37.6 Å². The molecule has 0 atom stereocenters. The number of nitriles is 1. The van der Waals surface area contributed by atoms with Gasteiger partial charge in [0.15, 0.2) is 0 Å². The summed E-state index contributed by atoms with van der Waals surface area (Å²) in [6.07, 6.45) is 4.58. The Balaban J connectivity index is 1.60. The number of pyridine rings is 2. The molecule has 0 amide bonds. The highest BCUT2D eigenvalue weighted by Gasteiger charge is 2.20. The minimum Gasteiger partial charge on any atom is -0.268 e. The van der Waals surface area contributed by atoms with E-state index in [9.17, 15) is 13.7 Å². The van der Waals surface area contributed by atoms with E-state index in [4.69, 9.17) is 4.98 Å². The maximum Gasteiger partial charge on any atom is 0.230 e. The molecule has 0 fully saturated rings. The van der Waals surface area contributed by atoms with Crippen molar-refractivity contribution in [3.8, 4) is 28.5 Å². The van der Waals surface area contributed by atoms with E-state index in [1.165, 1.54) is 0 Å². The zero-order valence-electron chi connectivity index (χ0n) is 20.3. The Hall–Kier alpha value is -4.29. The Morgan fingerprint density at radius 3 is 2.28 bits per heavy atom. The van der Waals surface area contributed by atoms with E-state index < -0.39 is 15.4 Å². The summed E-state index contributed by atoms with van der Waals surface area (Å²) in [7, 11) is -1.49. The molecular formula is C27H24N6O2S. The van der Waals surface area contributed by atoms with Gasteiger partial charge in [-0.2, -0.15) is 10.4 Å². The van der Waals surface area contributed by atoms with Crippen LogP contribution in [0.15, 0.2) is 67.0 Å². The second kappa shape index (κ2) is 8.43. The second-order valence-corrected chi connectivity index (χ2v) is 11.1. The second-order valence-electron chi connectivity index (χ2n) is 9.34. The topological polar surface area (TPSA) is 114 Å². The molecule has 0 radical (unpaired) electrons. The number of fused-ring (bicyclic) bond motifs is 3. The number of aromatic nitrogens is 4. The summed E-state index contributed by atoms with van der Waals surface area (Å²) in [5, 5.41) is 15.9. The number of aryl methyl sites for hydroxylation is 1. The molecule has 36 heavy (non-hydrogen) atoms. The van der Waals surface area contributed by atoms with Crippen LogP contribution in [0.3, 0.4) is 0 Å². The minimum atomic E-state index is -3.39. The average molecular weight is 497 g/mol. The molecule has 2 aromatic carbocycles. The van der Waals surface area contributed by atoms with Crippen molar-refractivity contribution < 1.29 is 8.42 Å². The number of benzene rings is 2. The van der Waals surface area contributed by atoms with Crippen LogP contribution in [0.4, 0.5) is 5.82 Å². The highest BCUT2D eigenvalue weighted by Crippen LogP contribution is 2.35. The monoisotopic (exact) mass is 496 g/mol. The van der Waals surface area contributed by atoms with E-state index >= 15 is 0 Å². The SMILES string of the molecule is Cn1ncc2c3cc(-c4ccc(NS(C)(=O)=O)nc4)ccc3nc(-c3ccc(C(C)(C)C#N)cc3)c21. The van der Waals surface area contributed by atoms with Gasteiger partial charge in [0.05, 0.1) is 40.7 Å². The summed E-state index contributed by atoms with van der Waals surface area (Å²) in [6.45, 7) is 3.80. The largest absolute Gasteiger partial charge is 0.268 e. The zero-order chi connectivity index (χ0) is 25.7. The Morgan fingerprint density at radius 2 is 1.64 bits per heavy atom. The van der Waals surface area contributed by atoms with Gasteiger partial charge in [0.2, 0.25) is 10.0 Å². The van der Waals surface area contributed by atoms with Crippen molar-refractivity contribution in [2.45, 2.75) is 19.3 Å². The molecule has 3 heterocycles. The molecule has 8 nitrogen and oxygen atoms in total. The smallest absolute Gasteiger partial charge is 0.230 e. The first-order valence-electron chi connectivity index (χ1n) is 11.3. The molecule has 5 rings (SSSR count). The first kappa shape index (κ1) is 23.5. The van der Waals surface area contributed by atoms with E-state index in [0.29, 0.717) is 0 Å². The van der Waals surface area contributed by atoms with Crippen molar-refractivity contribution in [1.29, 1.82) is 5.26 Å². The predicted molar refractivity (Wildman–Crippen MR) is 142 cm³/mol. The lowest BCUT2D eigenvalue weighted by molar-refractivity contribution is 0.606. The molecule has 0 aliphatic heterocycles. The number of rotatable bonds is 5. The molecule has 0 aliphatic rings. The van der Waals surface area contributed by atoms with Crippen molar-refractivity contribution in [3.05, 3.63) is 72.6 Å². The van der Waals surface area contributed by atoms with Gasteiger partial charge in [-0.1, -0.05) is 30.3 Å². The molecule has 3 aromatic heterocycles. The summed E-state index contributed by atoms with van der Waals surface area (Å²) in [5.74, 6) is 0.271. The maximum atomic E-state index is 11.5. The third-order valence-electron chi connectivity index (χ3n) is 6.23. The van der Waals surface area contributed by atoms with Crippen LogP contribution in [0.25, 0.3) is 44.2 Å². The van der Waals surface area contributed by atoms with Crippen molar-refractivity contribution in [3.63, 3.8) is 0 Å². The zero-order valence-corrected chi connectivity index (χ0v) is 21.1. The van der Waals surface area contributed by atoms with Gasteiger partial charge in [-0.05, 0) is 49.2 Å². The molecule has 0 saturated heterocycles. The minimum absolute atomic E-state index is 0.271. The van der Waals surface area contributed by atoms with Gasteiger partial charge in [0.25, 0.3) is 0 Å². The molecular weight excluding hydrogens is 472 g/mol. The van der Waals surface area contributed by atoms with Crippen molar-refractivity contribution in [2.75, 3.05) is 11.0 Å². The van der Waals surface area contributed by atoms with Gasteiger partial charge in [0, 0.05) is 35.1 Å². The number of hydrogen-bond acceptors (Lipinski definition) is 6. The van der Waals surface area contributed by atoms with Gasteiger partial charge in [-0.3, -0.25) is 9.40 Å². The van der Waals surface area contributed by atoms with Crippen LogP contribution in [0.1, 0.15) is 19.4 Å². The molecule has 0 spiro atoms. The van der Waals surface area contributed by atoms with E-state index in [1.807, 2.05) is 74.2 Å². The fourth-order valence-corrected chi connectivity index (χ4v) is 4.74. The lowest BCUT2D eigenvalue weighted by Crippen LogP contribution is -2.13. The fourth-order valence-electron chi connectivity index (χ4n) is 4.24. The van der Waals surface area contributed by atoms with E-state index in [-0.39, 0.29) is 5.82 Å². The molecule has 0 bridgehead atoms. The van der Waals surface area contributed by atoms with Crippen LogP contribution in [0.2, 0.25) is 0 Å². The highest BCUT2D eigenvalue weighted by atomic mass is 32.2. The Kier molecular flexibility index (Phi) is 5.49. The number of hydrogen-bond donors (Lipinski definition) is 1. The third-order valence-corrected chi connectivity index (χ3v) is 6.81. The standard InChI is InChI=1S/C27H24N6O2S/c1-27(2,16-28)20-9-5-17(6-10-20)25-26-22(15-30-33(26)3)21-13-18(7-11-23(21)31-25)19-8-12-24(29-14-19)32-36(4,34)35/h5-15H,1-4H3,(H,29,32). The number of sulfonamides is 1. The lowest BCUT2D eigenvalue weighted by atomic mass is 9.86. The van der Waals surface area contributed by atoms with Crippen LogP contribution in [0, 0.1) is 11.3 Å². The van der Waals surface area contributed by atoms with Crippen LogP contribution >= 0.6 is 0 Å². The van der Waals surface area contributed by atoms with Crippen molar-refractivity contribution in [2.24, 2.45) is 7.05 Å². The molecule has 5 aromatic rings. The Labute approximate surface area is 209 Å². The van der Waals surface area contributed by atoms with Gasteiger partial charge < -0.3 is 0 Å². The Morgan fingerprint density at radius 1 is 0.944 bits per heavy atom. The molecule has 0 unspecified atom stereocenters. The Bertz CT molecular complexity index is 1760. The lowest BCUT2D eigenvalue weighted by Gasteiger charge is -2.16. The molecule has 180 valence electrons. The normalized spacial score (nSPS) is 12.1. The molecule has 0 saturated carbocycles. The first-order valence-corrected chi connectivity index (χ1v) is 13.2. The summed E-state index contributed by atoms with van der Waals surface area (Å²) in [6, 6.07) is 19.8. The summed E-state index contributed by atoms with van der Waals surface area (Å²) < 4.78 is 27.1. The predicted octanol–water partition coefficient (Wildman–Crippen LogP) is 5.02. The van der Waals surface area contributed by atoms with Gasteiger partial charge in [0.1, 0.15) is 5.82 Å². The van der Waals surface area contributed by atoms with Gasteiger partial charge in [-0.15, -0.1) is 0 Å². The summed E-state index contributed by atoms with van der Waals surface area (Å²) >= 11 is 0. The molecule has 0 aliphatic carbocycles. The third kappa shape index (κ3) is 4.27. The van der Waals surface area contributed by atoms with Crippen LogP contribution in [-0.2, 0) is 22.5 Å². The van der Waals surface area contributed by atoms with Crippen molar-refractivity contribution in [1.82, 2.24) is 19.7 Å². The van der Waals surface area contributed by atoms with Gasteiger partial charge >= 0.3 is 0 Å². The first-order chi connectivity index (χ1) is 17.1. The quantitative estimate of drug-likeness (QED) is 0.365. The number of anilines is 1. The van der Waals surface area contributed by atoms with Crippen LogP contribution in [0.5, 0.6) is 0 Å².